The molecule has 0 unspecified atom stereocenters. The highest BCUT2D eigenvalue weighted by molar-refractivity contribution is 6.28. The Kier molecular flexibility index (Phi) is 7.26. The molecule has 11 aromatic rings. The molecule has 13 rings (SSSR count). The van der Waals surface area contributed by atoms with Crippen molar-refractivity contribution in [2.45, 2.75) is 5.41 Å². The highest BCUT2D eigenvalue weighted by atomic mass is 14.9. The van der Waals surface area contributed by atoms with Crippen molar-refractivity contribution in [1.29, 1.82) is 0 Å². The van der Waals surface area contributed by atoms with E-state index >= 15 is 0 Å². The van der Waals surface area contributed by atoms with Crippen molar-refractivity contribution in [1.82, 2.24) is 9.97 Å². The average Bonchev–Trinajstić information content (AvgIpc) is 3.81. The van der Waals surface area contributed by atoms with Crippen LogP contribution >= 0.6 is 0 Å². The van der Waals surface area contributed by atoms with Crippen LogP contribution < -0.4 is 0 Å². The first-order valence-corrected chi connectivity index (χ1v) is 21.1. The van der Waals surface area contributed by atoms with Gasteiger partial charge in [0, 0.05) is 22.1 Å². The SMILES string of the molecule is c1ccc(-c2cc(-c3ccccc3)nc(-c3cccc4c5ccccc5c5cc(-c6ccc7c(c6)C6(c8ccccc8-c8ccccc86)c6ccccc6-7)ccc5c34)n2)cc1. The van der Waals surface area contributed by atoms with Gasteiger partial charge in [0.15, 0.2) is 5.82 Å². The molecule has 2 nitrogen and oxygen atoms in total. The molecule has 282 valence electrons. The van der Waals surface area contributed by atoms with Gasteiger partial charge < -0.3 is 0 Å². The summed E-state index contributed by atoms with van der Waals surface area (Å²) in [6.07, 6.45) is 0. The first kappa shape index (κ1) is 34.0. The third-order valence-corrected chi connectivity index (χ3v) is 13.3. The van der Waals surface area contributed by atoms with E-state index in [0.717, 1.165) is 33.5 Å². The van der Waals surface area contributed by atoms with E-state index in [4.69, 9.17) is 9.97 Å². The predicted octanol–water partition coefficient (Wildman–Crippen LogP) is 14.9. The molecule has 0 saturated carbocycles. The summed E-state index contributed by atoms with van der Waals surface area (Å²) in [6.45, 7) is 0. The molecule has 10 aromatic carbocycles. The minimum Gasteiger partial charge on any atom is -0.228 e. The molecule has 1 aromatic heterocycles. The highest BCUT2D eigenvalue weighted by Gasteiger charge is 2.51. The van der Waals surface area contributed by atoms with Crippen LogP contribution in [-0.2, 0) is 5.41 Å². The van der Waals surface area contributed by atoms with E-state index < -0.39 is 5.41 Å². The molecule has 0 N–H and O–H groups in total. The van der Waals surface area contributed by atoms with Gasteiger partial charge in [0.1, 0.15) is 0 Å². The lowest BCUT2D eigenvalue weighted by molar-refractivity contribution is 0.794. The van der Waals surface area contributed by atoms with Gasteiger partial charge in [-0.25, -0.2) is 9.97 Å². The number of hydrogen-bond acceptors (Lipinski definition) is 2. The second-order valence-corrected chi connectivity index (χ2v) is 16.4. The molecule has 2 heteroatoms. The largest absolute Gasteiger partial charge is 0.228 e. The third kappa shape index (κ3) is 4.85. The molecule has 0 radical (unpaired) electrons. The Morgan fingerprint density at radius 3 is 1.31 bits per heavy atom. The maximum absolute atomic E-state index is 5.31. The van der Waals surface area contributed by atoms with E-state index in [1.165, 1.54) is 82.6 Å². The fourth-order valence-electron chi connectivity index (χ4n) is 10.7. The number of aromatic nitrogens is 2. The summed E-state index contributed by atoms with van der Waals surface area (Å²) in [4.78, 5) is 10.6. The lowest BCUT2D eigenvalue weighted by Gasteiger charge is -2.30. The molecule has 0 atom stereocenters. The van der Waals surface area contributed by atoms with Crippen LogP contribution in [-0.4, -0.2) is 9.97 Å². The van der Waals surface area contributed by atoms with Crippen molar-refractivity contribution < 1.29 is 0 Å². The molecule has 1 heterocycles. The standard InChI is InChI=1S/C59H36N2/c1-3-16-37(17-4-1)55-36-56(38-18-5-2-6-19-38)61-58(60-55)49-26-15-25-47-41-20-7-8-21-42(41)50-34-39(31-33-48(50)57(47)49)40-30-32-46-45-24-11-14-29-53(45)59(54(46)35-40)51-27-12-9-22-43(51)44-23-10-13-28-52(44)59/h1-36H. The van der Waals surface area contributed by atoms with Crippen LogP contribution in [0.25, 0.3) is 99.6 Å². The number of nitrogens with zero attached hydrogens (tertiary/aromatic N) is 2. The number of benzene rings is 10. The van der Waals surface area contributed by atoms with Crippen LogP contribution in [0.3, 0.4) is 0 Å². The Labute approximate surface area is 354 Å². The predicted molar refractivity (Wildman–Crippen MR) is 253 cm³/mol. The monoisotopic (exact) mass is 772 g/mol. The molecule has 2 aliphatic rings. The molecule has 0 bridgehead atoms. The van der Waals surface area contributed by atoms with Gasteiger partial charge in [0.25, 0.3) is 0 Å². The maximum atomic E-state index is 5.31. The molecule has 1 spiro atoms. The minimum absolute atomic E-state index is 0.392. The zero-order valence-corrected chi connectivity index (χ0v) is 33.2. The van der Waals surface area contributed by atoms with Crippen LogP contribution in [0, 0.1) is 0 Å². The van der Waals surface area contributed by atoms with Gasteiger partial charge in [-0.1, -0.05) is 200 Å². The molecule has 0 saturated heterocycles. The van der Waals surface area contributed by atoms with Crippen molar-refractivity contribution in [3.05, 3.63) is 241 Å². The van der Waals surface area contributed by atoms with Gasteiger partial charge in [-0.15, -0.1) is 0 Å². The van der Waals surface area contributed by atoms with Crippen molar-refractivity contribution in [2.75, 3.05) is 0 Å². The van der Waals surface area contributed by atoms with Gasteiger partial charge in [0.2, 0.25) is 0 Å². The maximum Gasteiger partial charge on any atom is 0.161 e. The Morgan fingerprint density at radius 2 is 0.705 bits per heavy atom. The summed E-state index contributed by atoms with van der Waals surface area (Å²) in [6, 6.07) is 79.7. The van der Waals surface area contributed by atoms with E-state index in [-0.39, 0.29) is 0 Å². The Hall–Kier alpha value is -7.94. The minimum atomic E-state index is -0.392. The summed E-state index contributed by atoms with van der Waals surface area (Å²) in [5.41, 5.74) is 17.6. The molecular weight excluding hydrogens is 737 g/mol. The van der Waals surface area contributed by atoms with Crippen molar-refractivity contribution in [2.24, 2.45) is 0 Å². The molecule has 0 aliphatic heterocycles. The number of fused-ring (bicyclic) bond motifs is 16. The lowest BCUT2D eigenvalue weighted by atomic mass is 9.70. The van der Waals surface area contributed by atoms with E-state index in [1.54, 1.807) is 0 Å². The first-order chi connectivity index (χ1) is 30.3. The summed E-state index contributed by atoms with van der Waals surface area (Å²) >= 11 is 0. The van der Waals surface area contributed by atoms with E-state index in [2.05, 4.69) is 206 Å². The summed E-state index contributed by atoms with van der Waals surface area (Å²) in [7, 11) is 0. The van der Waals surface area contributed by atoms with E-state index in [1.807, 2.05) is 12.1 Å². The Balaban J connectivity index is 1.05. The first-order valence-electron chi connectivity index (χ1n) is 21.1. The van der Waals surface area contributed by atoms with Gasteiger partial charge in [-0.3, -0.25) is 0 Å². The average molecular weight is 773 g/mol. The third-order valence-electron chi connectivity index (χ3n) is 13.3. The molecule has 0 fully saturated rings. The molecule has 2 aliphatic carbocycles. The van der Waals surface area contributed by atoms with Crippen LogP contribution in [0.2, 0.25) is 0 Å². The van der Waals surface area contributed by atoms with Crippen LogP contribution in [0.15, 0.2) is 218 Å². The van der Waals surface area contributed by atoms with Crippen LogP contribution in [0.4, 0.5) is 0 Å². The van der Waals surface area contributed by atoms with Gasteiger partial charge in [-0.2, -0.15) is 0 Å². The lowest BCUT2D eigenvalue weighted by Crippen LogP contribution is -2.25. The topological polar surface area (TPSA) is 25.8 Å². The summed E-state index contributed by atoms with van der Waals surface area (Å²) in [5, 5.41) is 7.21. The van der Waals surface area contributed by atoms with Crippen molar-refractivity contribution >= 4 is 32.3 Å². The molecule has 0 amide bonds. The van der Waals surface area contributed by atoms with Crippen LogP contribution in [0.1, 0.15) is 22.3 Å². The zero-order valence-electron chi connectivity index (χ0n) is 33.2. The second kappa shape index (κ2) is 13.0. The Morgan fingerprint density at radius 1 is 0.262 bits per heavy atom. The zero-order chi connectivity index (χ0) is 40.1. The van der Waals surface area contributed by atoms with Crippen molar-refractivity contribution in [3.8, 4) is 67.3 Å². The number of hydrogen-bond donors (Lipinski definition) is 0. The smallest absolute Gasteiger partial charge is 0.161 e. The van der Waals surface area contributed by atoms with Gasteiger partial charge in [-0.05, 0) is 101 Å². The Bertz CT molecular complexity index is 3470. The van der Waals surface area contributed by atoms with Gasteiger partial charge >= 0.3 is 0 Å². The molecular formula is C59H36N2. The summed E-state index contributed by atoms with van der Waals surface area (Å²) < 4.78 is 0. The summed E-state index contributed by atoms with van der Waals surface area (Å²) in [5.74, 6) is 0.715. The fraction of sp³-hybridized carbons (Fsp3) is 0.0169. The van der Waals surface area contributed by atoms with E-state index in [9.17, 15) is 0 Å². The van der Waals surface area contributed by atoms with Crippen molar-refractivity contribution in [3.63, 3.8) is 0 Å². The normalized spacial score (nSPS) is 13.0. The molecule has 61 heavy (non-hydrogen) atoms. The second-order valence-electron chi connectivity index (χ2n) is 16.4. The van der Waals surface area contributed by atoms with Gasteiger partial charge in [0.05, 0.1) is 16.8 Å². The highest BCUT2D eigenvalue weighted by Crippen LogP contribution is 2.63. The quantitative estimate of drug-likeness (QED) is 0.167. The van der Waals surface area contributed by atoms with E-state index in [0.29, 0.717) is 5.82 Å². The number of rotatable bonds is 4. The fourth-order valence-corrected chi connectivity index (χ4v) is 10.7. The van der Waals surface area contributed by atoms with Crippen LogP contribution in [0.5, 0.6) is 0 Å².